The monoisotopic (exact) mass is 210 g/mol. The quantitative estimate of drug-likeness (QED) is 0.676. The van der Waals surface area contributed by atoms with Crippen LogP contribution in [0.25, 0.3) is 0 Å². The van der Waals surface area contributed by atoms with Crippen LogP contribution in [0, 0.1) is 6.92 Å². The zero-order chi connectivity index (χ0) is 11.3. The number of aliphatic hydroxyl groups excluding tert-OH is 1. The first-order valence-electron chi connectivity index (χ1n) is 5.07. The molecule has 5 heteroatoms. The second-order valence-electron chi connectivity index (χ2n) is 3.53. The van der Waals surface area contributed by atoms with Gasteiger partial charge < -0.3 is 15.7 Å². The minimum Gasteiger partial charge on any atom is -0.393 e. The van der Waals surface area contributed by atoms with Crippen LogP contribution in [0.4, 0.5) is 11.8 Å². The standard InChI is InChI=1S/C10H18N4O/c1-7-6-9(12-5-4-8(2)15)14-10(11-3)13-7/h6,8,15H,4-5H2,1-3H3,(H2,11,12,13,14). The van der Waals surface area contributed by atoms with Crippen LogP contribution in [0.15, 0.2) is 6.07 Å². The highest BCUT2D eigenvalue weighted by atomic mass is 16.3. The Kier molecular flexibility index (Phi) is 4.30. The van der Waals surface area contributed by atoms with E-state index in [9.17, 15) is 0 Å². The zero-order valence-electron chi connectivity index (χ0n) is 9.41. The van der Waals surface area contributed by atoms with E-state index >= 15 is 0 Å². The Hall–Kier alpha value is -1.36. The molecule has 1 atom stereocenters. The summed E-state index contributed by atoms with van der Waals surface area (Å²) in [6, 6.07) is 1.88. The van der Waals surface area contributed by atoms with E-state index in [1.807, 2.05) is 13.0 Å². The van der Waals surface area contributed by atoms with Gasteiger partial charge in [0.05, 0.1) is 6.10 Å². The van der Waals surface area contributed by atoms with E-state index in [0.717, 1.165) is 11.5 Å². The van der Waals surface area contributed by atoms with E-state index in [1.165, 1.54) is 0 Å². The summed E-state index contributed by atoms with van der Waals surface area (Å²) < 4.78 is 0. The van der Waals surface area contributed by atoms with Crippen LogP contribution < -0.4 is 10.6 Å². The summed E-state index contributed by atoms with van der Waals surface area (Å²) in [5.41, 5.74) is 0.911. The fourth-order valence-electron chi connectivity index (χ4n) is 1.18. The summed E-state index contributed by atoms with van der Waals surface area (Å²) in [6.45, 7) is 4.39. The average Bonchev–Trinajstić information content (AvgIpc) is 2.16. The first-order chi connectivity index (χ1) is 7.11. The summed E-state index contributed by atoms with van der Waals surface area (Å²) in [5, 5.41) is 15.1. The summed E-state index contributed by atoms with van der Waals surface area (Å²) >= 11 is 0. The number of rotatable bonds is 5. The number of aromatic nitrogens is 2. The zero-order valence-corrected chi connectivity index (χ0v) is 9.41. The van der Waals surface area contributed by atoms with Crippen molar-refractivity contribution in [3.8, 4) is 0 Å². The number of aliphatic hydroxyl groups is 1. The fourth-order valence-corrected chi connectivity index (χ4v) is 1.18. The molecule has 84 valence electrons. The van der Waals surface area contributed by atoms with Crippen molar-refractivity contribution in [2.24, 2.45) is 0 Å². The summed E-state index contributed by atoms with van der Waals surface area (Å²) in [6.07, 6.45) is 0.419. The molecule has 5 nitrogen and oxygen atoms in total. The van der Waals surface area contributed by atoms with E-state index in [1.54, 1.807) is 14.0 Å². The number of anilines is 2. The van der Waals surface area contributed by atoms with Crippen LogP contribution in [-0.2, 0) is 0 Å². The Morgan fingerprint density at radius 3 is 2.80 bits per heavy atom. The molecule has 1 aromatic rings. The lowest BCUT2D eigenvalue weighted by Gasteiger charge is -2.09. The molecule has 15 heavy (non-hydrogen) atoms. The van der Waals surface area contributed by atoms with Crippen molar-refractivity contribution >= 4 is 11.8 Å². The molecule has 0 fully saturated rings. The minimum atomic E-state index is -0.288. The Morgan fingerprint density at radius 1 is 1.47 bits per heavy atom. The lowest BCUT2D eigenvalue weighted by atomic mass is 10.3. The predicted molar refractivity (Wildman–Crippen MR) is 61.1 cm³/mol. The fraction of sp³-hybridized carbons (Fsp3) is 0.600. The van der Waals surface area contributed by atoms with Gasteiger partial charge in [-0.1, -0.05) is 0 Å². The largest absolute Gasteiger partial charge is 0.393 e. The predicted octanol–water partition coefficient (Wildman–Crippen LogP) is 1.01. The van der Waals surface area contributed by atoms with Crippen molar-refractivity contribution in [3.05, 3.63) is 11.8 Å². The molecule has 1 heterocycles. The van der Waals surface area contributed by atoms with Gasteiger partial charge in [0.1, 0.15) is 5.82 Å². The molecule has 0 bridgehead atoms. The maximum atomic E-state index is 9.10. The molecule has 1 aromatic heterocycles. The topological polar surface area (TPSA) is 70.1 Å². The minimum absolute atomic E-state index is 0.288. The van der Waals surface area contributed by atoms with Crippen LogP contribution in [0.5, 0.6) is 0 Å². The highest BCUT2D eigenvalue weighted by molar-refractivity contribution is 5.41. The Morgan fingerprint density at radius 2 is 2.20 bits per heavy atom. The molecule has 0 saturated carbocycles. The Bertz CT molecular complexity index is 314. The summed E-state index contributed by atoms with van der Waals surface area (Å²) in [5.74, 6) is 1.39. The molecule has 1 unspecified atom stereocenters. The van der Waals surface area contributed by atoms with E-state index in [0.29, 0.717) is 18.9 Å². The third-order valence-corrected chi connectivity index (χ3v) is 1.95. The average molecular weight is 210 g/mol. The van der Waals surface area contributed by atoms with Crippen molar-refractivity contribution < 1.29 is 5.11 Å². The first kappa shape index (κ1) is 11.7. The highest BCUT2D eigenvalue weighted by Gasteiger charge is 2.00. The highest BCUT2D eigenvalue weighted by Crippen LogP contribution is 2.08. The molecule has 0 radical (unpaired) electrons. The number of aryl methyl sites for hydroxylation is 1. The van der Waals surface area contributed by atoms with Gasteiger partial charge in [-0.05, 0) is 20.3 Å². The van der Waals surface area contributed by atoms with E-state index in [4.69, 9.17) is 5.11 Å². The second kappa shape index (κ2) is 5.50. The third kappa shape index (κ3) is 4.12. The maximum Gasteiger partial charge on any atom is 0.224 e. The third-order valence-electron chi connectivity index (χ3n) is 1.95. The van der Waals surface area contributed by atoms with Gasteiger partial charge in [-0.15, -0.1) is 0 Å². The molecule has 0 spiro atoms. The van der Waals surface area contributed by atoms with E-state index in [-0.39, 0.29) is 6.10 Å². The van der Waals surface area contributed by atoms with Crippen molar-refractivity contribution in [2.75, 3.05) is 24.2 Å². The molecule has 3 N–H and O–H groups in total. The molecular weight excluding hydrogens is 192 g/mol. The molecule has 0 saturated heterocycles. The summed E-state index contributed by atoms with van der Waals surface area (Å²) in [7, 11) is 1.79. The van der Waals surface area contributed by atoms with Gasteiger partial charge in [-0.2, -0.15) is 4.98 Å². The van der Waals surface area contributed by atoms with Crippen LogP contribution in [0.3, 0.4) is 0 Å². The van der Waals surface area contributed by atoms with Gasteiger partial charge in [0.2, 0.25) is 5.95 Å². The number of nitrogens with zero attached hydrogens (tertiary/aromatic N) is 2. The van der Waals surface area contributed by atoms with Crippen molar-refractivity contribution in [1.82, 2.24) is 9.97 Å². The van der Waals surface area contributed by atoms with Gasteiger partial charge in [0, 0.05) is 25.4 Å². The van der Waals surface area contributed by atoms with Crippen LogP contribution >= 0.6 is 0 Å². The molecule has 0 aliphatic rings. The van der Waals surface area contributed by atoms with Gasteiger partial charge >= 0.3 is 0 Å². The van der Waals surface area contributed by atoms with Gasteiger partial charge in [0.25, 0.3) is 0 Å². The molecule has 0 aromatic carbocycles. The molecule has 0 amide bonds. The van der Waals surface area contributed by atoms with Crippen molar-refractivity contribution in [3.63, 3.8) is 0 Å². The molecule has 0 aliphatic carbocycles. The smallest absolute Gasteiger partial charge is 0.224 e. The normalized spacial score (nSPS) is 12.3. The van der Waals surface area contributed by atoms with Gasteiger partial charge in [-0.3, -0.25) is 0 Å². The summed E-state index contributed by atoms with van der Waals surface area (Å²) in [4.78, 5) is 8.42. The van der Waals surface area contributed by atoms with E-state index in [2.05, 4.69) is 20.6 Å². The van der Waals surface area contributed by atoms with Crippen LogP contribution in [0.1, 0.15) is 19.0 Å². The SMILES string of the molecule is CNc1nc(C)cc(NCCC(C)O)n1. The lowest BCUT2D eigenvalue weighted by molar-refractivity contribution is 0.188. The second-order valence-corrected chi connectivity index (χ2v) is 3.53. The Balaban J connectivity index is 2.56. The first-order valence-corrected chi connectivity index (χ1v) is 5.07. The van der Waals surface area contributed by atoms with Crippen molar-refractivity contribution in [2.45, 2.75) is 26.4 Å². The molecule has 0 aliphatic heterocycles. The molecule has 1 rings (SSSR count). The number of nitrogens with one attached hydrogen (secondary N) is 2. The van der Waals surface area contributed by atoms with Crippen molar-refractivity contribution in [1.29, 1.82) is 0 Å². The van der Waals surface area contributed by atoms with Gasteiger partial charge in [0.15, 0.2) is 0 Å². The van der Waals surface area contributed by atoms with Gasteiger partial charge in [-0.25, -0.2) is 4.98 Å². The van der Waals surface area contributed by atoms with Crippen LogP contribution in [-0.4, -0.2) is 34.8 Å². The number of hydrogen-bond donors (Lipinski definition) is 3. The lowest BCUT2D eigenvalue weighted by Crippen LogP contribution is -2.11. The Labute approximate surface area is 90.0 Å². The van der Waals surface area contributed by atoms with E-state index < -0.39 is 0 Å². The molecular formula is C10H18N4O. The number of hydrogen-bond acceptors (Lipinski definition) is 5. The maximum absolute atomic E-state index is 9.10. The van der Waals surface area contributed by atoms with Crippen LogP contribution in [0.2, 0.25) is 0 Å².